The van der Waals surface area contributed by atoms with E-state index in [1.165, 1.54) is 0 Å². The van der Waals surface area contributed by atoms with Gasteiger partial charge in [0.25, 0.3) is 5.91 Å². The van der Waals surface area contributed by atoms with Crippen LogP contribution in [0.2, 0.25) is 0 Å². The number of carbonyl (C=O) groups excluding carboxylic acids is 2. The third-order valence-corrected chi connectivity index (χ3v) is 4.05. The van der Waals surface area contributed by atoms with Crippen molar-refractivity contribution in [1.82, 2.24) is 5.32 Å². The van der Waals surface area contributed by atoms with E-state index in [-0.39, 0.29) is 30.2 Å². The van der Waals surface area contributed by atoms with E-state index in [0.717, 1.165) is 16.8 Å². The Bertz CT molecular complexity index is 949. The number of hydrogen-bond donors (Lipinski definition) is 4. The summed E-state index contributed by atoms with van der Waals surface area (Å²) >= 11 is 0. The summed E-state index contributed by atoms with van der Waals surface area (Å²) < 4.78 is 0. The van der Waals surface area contributed by atoms with E-state index in [4.69, 9.17) is 5.73 Å². The summed E-state index contributed by atoms with van der Waals surface area (Å²) in [6.45, 7) is 3.92. The second kappa shape index (κ2) is 8.34. The number of carbonyl (C=O) groups is 2. The lowest BCUT2D eigenvalue weighted by atomic mass is 10.2. The first-order valence-electron chi connectivity index (χ1n) is 8.82. The molecule has 2 amide bonds. The summed E-state index contributed by atoms with van der Waals surface area (Å²) in [4.78, 5) is 32.5. The summed E-state index contributed by atoms with van der Waals surface area (Å²) in [5.74, 6) is -0.519. The number of rotatable bonds is 4. The zero-order valence-corrected chi connectivity index (χ0v) is 15.7. The first-order valence-corrected chi connectivity index (χ1v) is 8.82. The van der Waals surface area contributed by atoms with Crippen molar-refractivity contribution >= 4 is 35.1 Å². The van der Waals surface area contributed by atoms with Gasteiger partial charge in [-0.05, 0) is 43.7 Å². The Kier molecular flexibility index (Phi) is 5.69. The molecule has 0 radical (unpaired) electrons. The molecule has 2 aromatic carbocycles. The molecule has 8 nitrogen and oxygen atoms in total. The molecule has 0 aliphatic carbocycles. The fraction of sp³-hybridized carbons (Fsp3) is 0.200. The topological polar surface area (TPSA) is 121 Å². The first kappa shape index (κ1) is 19.1. The van der Waals surface area contributed by atoms with Crippen molar-refractivity contribution in [2.24, 2.45) is 15.7 Å². The zero-order chi connectivity index (χ0) is 20.1. The molecule has 8 heteroatoms. The fourth-order valence-corrected chi connectivity index (χ4v) is 2.66. The van der Waals surface area contributed by atoms with Gasteiger partial charge in [-0.3, -0.25) is 14.9 Å². The average Bonchev–Trinajstić information content (AvgIpc) is 2.95. The molecule has 1 atom stereocenters. The summed E-state index contributed by atoms with van der Waals surface area (Å²) in [5.41, 5.74) is 9.46. The van der Waals surface area contributed by atoms with Crippen molar-refractivity contribution in [2.45, 2.75) is 26.3 Å². The van der Waals surface area contributed by atoms with Crippen LogP contribution in [0.5, 0.6) is 0 Å². The van der Waals surface area contributed by atoms with Gasteiger partial charge in [-0.2, -0.15) is 4.99 Å². The van der Waals surface area contributed by atoms with E-state index in [1.807, 2.05) is 56.3 Å². The number of aryl methyl sites for hydroxylation is 2. The summed E-state index contributed by atoms with van der Waals surface area (Å²) in [7, 11) is 0. The number of benzene rings is 2. The minimum atomic E-state index is -0.837. The van der Waals surface area contributed by atoms with Crippen molar-refractivity contribution in [1.29, 1.82) is 0 Å². The number of guanidine groups is 2. The second-order valence-electron chi connectivity index (χ2n) is 6.57. The third-order valence-electron chi connectivity index (χ3n) is 4.05. The van der Waals surface area contributed by atoms with Gasteiger partial charge in [0.1, 0.15) is 6.04 Å². The molecular formula is C20H22N6O2. The van der Waals surface area contributed by atoms with Gasteiger partial charge < -0.3 is 16.4 Å². The number of nitrogens with two attached hydrogens (primary N) is 1. The highest BCUT2D eigenvalue weighted by Crippen LogP contribution is 2.13. The smallest absolute Gasteiger partial charge is 0.252 e. The SMILES string of the molecule is Cc1ccc(NC(N)=NC2=N[C@@H](CC(=O)Nc3cccc(C)c3)C(=O)N2)cc1. The van der Waals surface area contributed by atoms with Crippen LogP contribution in [-0.2, 0) is 9.59 Å². The van der Waals surface area contributed by atoms with Crippen LogP contribution in [0.15, 0.2) is 58.5 Å². The Labute approximate surface area is 163 Å². The lowest BCUT2D eigenvalue weighted by Crippen LogP contribution is -2.32. The summed E-state index contributed by atoms with van der Waals surface area (Å²) in [6.07, 6.45) is -0.0793. The van der Waals surface area contributed by atoms with Crippen molar-refractivity contribution in [3.63, 3.8) is 0 Å². The van der Waals surface area contributed by atoms with Crippen LogP contribution in [0.3, 0.4) is 0 Å². The molecule has 3 rings (SSSR count). The summed E-state index contributed by atoms with van der Waals surface area (Å²) in [5, 5.41) is 8.21. The maximum absolute atomic E-state index is 12.2. The van der Waals surface area contributed by atoms with E-state index >= 15 is 0 Å². The molecule has 28 heavy (non-hydrogen) atoms. The average molecular weight is 378 g/mol. The van der Waals surface area contributed by atoms with Gasteiger partial charge in [0.2, 0.25) is 17.8 Å². The lowest BCUT2D eigenvalue weighted by Gasteiger charge is -2.07. The molecule has 1 aliphatic heterocycles. The fourth-order valence-electron chi connectivity index (χ4n) is 2.66. The summed E-state index contributed by atoms with van der Waals surface area (Å²) in [6, 6.07) is 14.2. The molecule has 1 aliphatic rings. The van der Waals surface area contributed by atoms with Crippen LogP contribution in [0.25, 0.3) is 0 Å². The second-order valence-corrected chi connectivity index (χ2v) is 6.57. The maximum Gasteiger partial charge on any atom is 0.252 e. The minimum absolute atomic E-state index is 0.0791. The van der Waals surface area contributed by atoms with E-state index < -0.39 is 6.04 Å². The van der Waals surface area contributed by atoms with Crippen molar-refractivity contribution in [3.8, 4) is 0 Å². The van der Waals surface area contributed by atoms with Crippen LogP contribution >= 0.6 is 0 Å². The Balaban J connectivity index is 1.60. The minimum Gasteiger partial charge on any atom is -0.369 e. The largest absolute Gasteiger partial charge is 0.369 e. The number of hydrogen-bond acceptors (Lipinski definition) is 4. The van der Waals surface area contributed by atoms with Crippen molar-refractivity contribution in [2.75, 3.05) is 10.6 Å². The number of nitrogens with one attached hydrogen (secondary N) is 3. The van der Waals surface area contributed by atoms with Crippen LogP contribution < -0.4 is 21.7 Å². The zero-order valence-electron chi connectivity index (χ0n) is 15.7. The Morgan fingerprint density at radius 2 is 1.86 bits per heavy atom. The van der Waals surface area contributed by atoms with E-state index in [9.17, 15) is 9.59 Å². The van der Waals surface area contributed by atoms with Gasteiger partial charge in [0, 0.05) is 11.4 Å². The number of nitrogens with zero attached hydrogens (tertiary/aromatic N) is 2. The molecule has 0 aromatic heterocycles. The van der Waals surface area contributed by atoms with E-state index in [1.54, 1.807) is 6.07 Å². The van der Waals surface area contributed by atoms with Gasteiger partial charge in [0.15, 0.2) is 0 Å². The van der Waals surface area contributed by atoms with Crippen LogP contribution in [0.1, 0.15) is 17.5 Å². The van der Waals surface area contributed by atoms with Crippen LogP contribution in [0.4, 0.5) is 11.4 Å². The quantitative estimate of drug-likeness (QED) is 0.480. The Hall–Kier alpha value is -3.68. The molecule has 0 saturated heterocycles. The predicted octanol–water partition coefficient (Wildman–Crippen LogP) is 1.91. The van der Waals surface area contributed by atoms with Crippen LogP contribution in [-0.4, -0.2) is 29.8 Å². The standard InChI is InChI=1S/C20H22N6O2/c1-12-6-8-14(9-7-12)23-19(21)26-20-24-16(18(28)25-20)11-17(27)22-15-5-3-4-13(2)10-15/h3-10,16H,11H2,1-2H3,(H,22,27)(H4,21,23,24,25,26,28)/t16-/m0/s1. The number of anilines is 2. The number of amides is 2. The molecule has 1 heterocycles. The van der Waals surface area contributed by atoms with Gasteiger partial charge in [-0.1, -0.05) is 29.8 Å². The van der Waals surface area contributed by atoms with E-state index in [2.05, 4.69) is 25.9 Å². The molecule has 0 unspecified atom stereocenters. The monoisotopic (exact) mass is 378 g/mol. The number of aliphatic imine (C=N–C) groups is 2. The highest BCUT2D eigenvalue weighted by molar-refractivity contribution is 6.11. The van der Waals surface area contributed by atoms with Gasteiger partial charge in [-0.25, -0.2) is 4.99 Å². The molecule has 2 aromatic rings. The van der Waals surface area contributed by atoms with E-state index in [0.29, 0.717) is 5.69 Å². The Morgan fingerprint density at radius 3 is 2.57 bits per heavy atom. The molecule has 0 spiro atoms. The molecule has 0 bridgehead atoms. The molecule has 0 saturated carbocycles. The molecule has 5 N–H and O–H groups in total. The molecule has 144 valence electrons. The normalized spacial score (nSPS) is 16.4. The van der Waals surface area contributed by atoms with Crippen molar-refractivity contribution in [3.05, 3.63) is 59.7 Å². The maximum atomic E-state index is 12.2. The highest BCUT2D eigenvalue weighted by Gasteiger charge is 2.28. The third kappa shape index (κ3) is 5.16. The highest BCUT2D eigenvalue weighted by atomic mass is 16.2. The van der Waals surface area contributed by atoms with Gasteiger partial charge in [0.05, 0.1) is 6.42 Å². The van der Waals surface area contributed by atoms with Crippen LogP contribution in [0, 0.1) is 13.8 Å². The van der Waals surface area contributed by atoms with Crippen molar-refractivity contribution < 1.29 is 9.59 Å². The van der Waals surface area contributed by atoms with Gasteiger partial charge in [-0.15, -0.1) is 0 Å². The molecule has 0 fully saturated rings. The molecular weight excluding hydrogens is 356 g/mol. The lowest BCUT2D eigenvalue weighted by molar-refractivity contribution is -0.123. The predicted molar refractivity (Wildman–Crippen MR) is 110 cm³/mol. The first-order chi connectivity index (χ1) is 13.4. The Morgan fingerprint density at radius 1 is 1.11 bits per heavy atom. The van der Waals surface area contributed by atoms with Gasteiger partial charge >= 0.3 is 0 Å².